The number of carbonyl (C=O) groups is 3. The van der Waals surface area contributed by atoms with Crippen molar-refractivity contribution in [1.82, 2.24) is 14.5 Å². The molecular weight excluding hydrogens is 573 g/mol. The lowest BCUT2D eigenvalue weighted by molar-refractivity contribution is -0.122. The molecule has 0 aliphatic carbocycles. The Morgan fingerprint density at radius 2 is 1.92 bits per heavy atom. The molecule has 39 heavy (non-hydrogen) atoms. The zero-order valence-corrected chi connectivity index (χ0v) is 23.9. The molecule has 8 nitrogen and oxygen atoms in total. The zero-order chi connectivity index (χ0) is 27.4. The number of thioether (sulfide) groups is 2. The van der Waals surface area contributed by atoms with E-state index < -0.39 is 0 Å². The molecule has 0 unspecified atom stereocenters. The Kier molecular flexibility index (Phi) is 8.46. The van der Waals surface area contributed by atoms with Gasteiger partial charge in [0.15, 0.2) is 5.16 Å². The van der Waals surface area contributed by atoms with E-state index in [0.29, 0.717) is 36.9 Å². The molecule has 12 heteroatoms. The summed E-state index contributed by atoms with van der Waals surface area (Å²) in [7, 11) is 1.58. The summed E-state index contributed by atoms with van der Waals surface area (Å²) in [6.45, 7) is 0.153. The first-order valence-corrected chi connectivity index (χ1v) is 14.9. The van der Waals surface area contributed by atoms with Crippen LogP contribution in [0.1, 0.15) is 16.1 Å². The Labute approximate surface area is 242 Å². The van der Waals surface area contributed by atoms with Gasteiger partial charge >= 0.3 is 0 Å². The van der Waals surface area contributed by atoms with Crippen molar-refractivity contribution >= 4 is 91.9 Å². The second-order valence-electron chi connectivity index (χ2n) is 8.28. The molecule has 0 radical (unpaired) electrons. The van der Waals surface area contributed by atoms with Gasteiger partial charge in [0.05, 0.1) is 28.8 Å². The highest BCUT2D eigenvalue weighted by atomic mass is 32.2. The highest BCUT2D eigenvalue weighted by Crippen LogP contribution is 2.33. The summed E-state index contributed by atoms with van der Waals surface area (Å²) in [5.41, 5.74) is 1.93. The average Bonchev–Trinajstić information content (AvgIpc) is 3.65. The number of para-hydroxylation sites is 2. The highest BCUT2D eigenvalue weighted by Gasteiger charge is 2.32. The van der Waals surface area contributed by atoms with E-state index in [0.717, 1.165) is 4.88 Å². The number of methoxy groups -OCH3 is 1. The topological polar surface area (TPSA) is 93.5 Å². The molecule has 1 N–H and O–H groups in total. The minimum absolute atomic E-state index is 0.0463. The van der Waals surface area contributed by atoms with Crippen LogP contribution < -0.4 is 10.1 Å². The number of aromatic nitrogens is 2. The third-order valence-corrected chi connectivity index (χ3v) is 8.86. The molecule has 0 spiro atoms. The fraction of sp³-hybridized carbons (Fsp3) is 0.148. The summed E-state index contributed by atoms with van der Waals surface area (Å²) < 4.78 is 7.08. The first-order valence-electron chi connectivity index (χ1n) is 11.8. The number of nitrogens with one attached hydrogen (secondary N) is 1. The number of hydrogen-bond donors (Lipinski definition) is 1. The number of anilines is 1. The van der Waals surface area contributed by atoms with Crippen LogP contribution in [0.2, 0.25) is 0 Å². The van der Waals surface area contributed by atoms with Crippen LogP contribution in [0.15, 0.2) is 76.1 Å². The normalized spacial score (nSPS) is 14.4. The molecule has 1 fully saturated rings. The van der Waals surface area contributed by atoms with Crippen LogP contribution >= 0.6 is 47.1 Å². The van der Waals surface area contributed by atoms with Crippen molar-refractivity contribution in [2.45, 2.75) is 11.6 Å². The molecule has 1 saturated heterocycles. The Hall–Kier alpha value is -3.45. The van der Waals surface area contributed by atoms with Crippen molar-refractivity contribution in [3.05, 3.63) is 75.8 Å². The van der Waals surface area contributed by atoms with E-state index in [1.54, 1.807) is 31.4 Å². The molecule has 0 bridgehead atoms. The molecule has 0 saturated carbocycles. The van der Waals surface area contributed by atoms with E-state index in [-0.39, 0.29) is 36.4 Å². The van der Waals surface area contributed by atoms with Crippen molar-refractivity contribution in [2.24, 2.45) is 0 Å². The van der Waals surface area contributed by atoms with Gasteiger partial charge in [-0.25, -0.2) is 4.98 Å². The fourth-order valence-electron chi connectivity index (χ4n) is 3.86. The van der Waals surface area contributed by atoms with Crippen LogP contribution in [-0.2, 0) is 9.59 Å². The SMILES string of the molecule is COc1ccc(NC(=O)CSc2nc3ccccc3n2C(=O)CCN2C(=O)/C(=C\c3cccs3)SC2=S)cc1. The Bertz CT molecular complexity index is 1580. The maximum atomic E-state index is 13.4. The van der Waals surface area contributed by atoms with Crippen molar-refractivity contribution in [1.29, 1.82) is 0 Å². The number of ether oxygens (including phenoxy) is 1. The predicted octanol–water partition coefficient (Wildman–Crippen LogP) is 5.77. The van der Waals surface area contributed by atoms with Crippen molar-refractivity contribution in [3.8, 4) is 5.75 Å². The van der Waals surface area contributed by atoms with Gasteiger partial charge in [-0.1, -0.05) is 53.9 Å². The van der Waals surface area contributed by atoms with E-state index in [1.165, 1.54) is 44.3 Å². The second kappa shape index (κ2) is 12.2. The van der Waals surface area contributed by atoms with E-state index >= 15 is 0 Å². The Balaban J connectivity index is 1.27. The zero-order valence-electron chi connectivity index (χ0n) is 20.7. The van der Waals surface area contributed by atoms with Gasteiger partial charge in [-0.2, -0.15) is 0 Å². The van der Waals surface area contributed by atoms with E-state index in [2.05, 4.69) is 10.3 Å². The van der Waals surface area contributed by atoms with Crippen molar-refractivity contribution < 1.29 is 19.1 Å². The van der Waals surface area contributed by atoms with Gasteiger partial charge < -0.3 is 10.1 Å². The monoisotopic (exact) mass is 594 g/mol. The molecule has 2 amide bonds. The van der Waals surface area contributed by atoms with Crippen molar-refractivity contribution in [2.75, 3.05) is 24.7 Å². The number of benzene rings is 2. The van der Waals surface area contributed by atoms with Gasteiger partial charge in [0.2, 0.25) is 11.8 Å². The number of rotatable bonds is 9. The van der Waals surface area contributed by atoms with Crippen LogP contribution in [0.25, 0.3) is 17.1 Å². The van der Waals surface area contributed by atoms with Crippen LogP contribution in [0.4, 0.5) is 5.69 Å². The second-order valence-corrected chi connectivity index (χ2v) is 11.9. The largest absolute Gasteiger partial charge is 0.497 e. The molecule has 1 aliphatic heterocycles. The van der Waals surface area contributed by atoms with Crippen molar-refractivity contribution in [3.63, 3.8) is 0 Å². The van der Waals surface area contributed by atoms with Gasteiger partial charge in [0, 0.05) is 23.5 Å². The Morgan fingerprint density at radius 3 is 2.67 bits per heavy atom. The summed E-state index contributed by atoms with van der Waals surface area (Å²) in [5, 5.41) is 5.19. The van der Waals surface area contributed by atoms with E-state index in [9.17, 15) is 14.4 Å². The van der Waals surface area contributed by atoms with Gasteiger partial charge in [-0.3, -0.25) is 23.9 Å². The van der Waals surface area contributed by atoms with Gasteiger partial charge in [0.25, 0.3) is 5.91 Å². The quantitative estimate of drug-likeness (QED) is 0.148. The number of amides is 2. The van der Waals surface area contributed by atoms with E-state index in [4.69, 9.17) is 17.0 Å². The van der Waals surface area contributed by atoms with E-state index in [1.807, 2.05) is 47.9 Å². The minimum atomic E-state index is -0.238. The van der Waals surface area contributed by atoms with Crippen LogP contribution in [0, 0.1) is 0 Å². The third kappa shape index (κ3) is 6.25. The molecule has 4 aromatic rings. The summed E-state index contributed by atoms with van der Waals surface area (Å²) in [6.07, 6.45) is 1.87. The van der Waals surface area contributed by atoms with Gasteiger partial charge in [0.1, 0.15) is 10.1 Å². The summed E-state index contributed by atoms with van der Waals surface area (Å²) >= 11 is 9.38. The van der Waals surface area contributed by atoms with Gasteiger partial charge in [-0.15, -0.1) is 11.3 Å². The smallest absolute Gasteiger partial charge is 0.266 e. The first kappa shape index (κ1) is 27.1. The Morgan fingerprint density at radius 1 is 1.13 bits per heavy atom. The minimum Gasteiger partial charge on any atom is -0.497 e. The first-order chi connectivity index (χ1) is 18.9. The highest BCUT2D eigenvalue weighted by molar-refractivity contribution is 8.26. The fourth-order valence-corrected chi connectivity index (χ4v) is 6.71. The standard InChI is InChI=1S/C27H22N4O4S4/c1-35-18-10-8-17(9-11-18)28-23(32)16-38-26-29-20-6-2-3-7-21(20)31(26)24(33)12-13-30-25(34)22(39-27(30)36)15-19-5-4-14-37-19/h2-11,14-15H,12-13,16H2,1H3,(H,28,32)/b22-15+. The molecule has 2 aromatic heterocycles. The van der Waals surface area contributed by atoms with Crippen LogP contribution in [0.5, 0.6) is 5.75 Å². The molecular formula is C27H22N4O4S4. The lowest BCUT2D eigenvalue weighted by Crippen LogP contribution is -2.31. The molecule has 198 valence electrons. The average molecular weight is 595 g/mol. The lowest BCUT2D eigenvalue weighted by atomic mass is 10.3. The number of imidazole rings is 1. The summed E-state index contributed by atoms with van der Waals surface area (Å²) in [4.78, 5) is 46.6. The molecule has 5 rings (SSSR count). The molecule has 2 aromatic carbocycles. The molecule has 0 atom stereocenters. The number of thiophene rings is 1. The third-order valence-electron chi connectivity index (χ3n) is 5.72. The maximum absolute atomic E-state index is 13.4. The van der Waals surface area contributed by atoms with Crippen LogP contribution in [0.3, 0.4) is 0 Å². The number of hydrogen-bond acceptors (Lipinski definition) is 9. The predicted molar refractivity (Wildman–Crippen MR) is 162 cm³/mol. The number of fused-ring (bicyclic) bond motifs is 1. The molecule has 1 aliphatic rings. The van der Waals surface area contributed by atoms with Gasteiger partial charge in [-0.05, 0) is 53.9 Å². The number of carbonyl (C=O) groups excluding carboxylic acids is 3. The number of nitrogens with zero attached hydrogens (tertiary/aromatic N) is 3. The van der Waals surface area contributed by atoms with Crippen LogP contribution in [-0.4, -0.2) is 55.9 Å². The summed E-state index contributed by atoms with van der Waals surface area (Å²) in [6, 6.07) is 18.2. The molecule has 3 heterocycles. The number of thiocarbonyl (C=S) groups is 1. The lowest BCUT2D eigenvalue weighted by Gasteiger charge is -2.14. The maximum Gasteiger partial charge on any atom is 0.266 e. The summed E-state index contributed by atoms with van der Waals surface area (Å²) in [5.74, 6) is 0.0837.